The van der Waals surface area contributed by atoms with E-state index in [1.807, 2.05) is 18.2 Å². The highest BCUT2D eigenvalue weighted by Crippen LogP contribution is 2.28. The van der Waals surface area contributed by atoms with Gasteiger partial charge in [-0.3, -0.25) is 0 Å². The third-order valence-corrected chi connectivity index (χ3v) is 2.78. The van der Waals surface area contributed by atoms with Crippen LogP contribution in [-0.4, -0.2) is 7.11 Å². The zero-order valence-corrected chi connectivity index (χ0v) is 9.87. The van der Waals surface area contributed by atoms with Crippen molar-refractivity contribution in [2.45, 2.75) is 13.8 Å². The SMILES string of the molecule is COc1ccc(-c2c(C)[c]ccc2C)cc1. The first-order valence-electron chi connectivity index (χ1n) is 5.34. The maximum Gasteiger partial charge on any atom is 0.118 e. The van der Waals surface area contributed by atoms with Crippen LogP contribution in [0, 0.1) is 19.9 Å². The fraction of sp³-hybridized carbons (Fsp3) is 0.200. The van der Waals surface area contributed by atoms with Crippen LogP contribution < -0.4 is 4.74 Å². The van der Waals surface area contributed by atoms with Crippen LogP contribution in [0.3, 0.4) is 0 Å². The zero-order chi connectivity index (χ0) is 11.5. The Morgan fingerprint density at radius 1 is 1.00 bits per heavy atom. The molecule has 0 aliphatic carbocycles. The second kappa shape index (κ2) is 4.40. The van der Waals surface area contributed by atoms with Crippen molar-refractivity contribution < 1.29 is 4.74 Å². The van der Waals surface area contributed by atoms with Crippen molar-refractivity contribution in [3.05, 3.63) is 53.6 Å². The Balaban J connectivity index is 2.50. The molecule has 2 aromatic carbocycles. The van der Waals surface area contributed by atoms with Crippen molar-refractivity contribution in [3.8, 4) is 16.9 Å². The first kappa shape index (κ1) is 10.7. The summed E-state index contributed by atoms with van der Waals surface area (Å²) in [7, 11) is 1.68. The molecule has 0 saturated heterocycles. The lowest BCUT2D eigenvalue weighted by Crippen LogP contribution is -1.88. The smallest absolute Gasteiger partial charge is 0.118 e. The predicted octanol–water partition coefficient (Wildman–Crippen LogP) is 3.78. The summed E-state index contributed by atoms with van der Waals surface area (Å²) in [6.07, 6.45) is 0. The first-order chi connectivity index (χ1) is 7.72. The van der Waals surface area contributed by atoms with Gasteiger partial charge in [0.15, 0.2) is 0 Å². The maximum atomic E-state index is 5.16. The van der Waals surface area contributed by atoms with Gasteiger partial charge in [0.25, 0.3) is 0 Å². The summed E-state index contributed by atoms with van der Waals surface area (Å²) in [6.45, 7) is 4.22. The molecule has 1 radical (unpaired) electrons. The number of hydrogen-bond acceptors (Lipinski definition) is 1. The summed E-state index contributed by atoms with van der Waals surface area (Å²) in [6, 6.07) is 15.4. The van der Waals surface area contributed by atoms with Gasteiger partial charge < -0.3 is 4.74 Å². The quantitative estimate of drug-likeness (QED) is 0.734. The molecule has 1 heteroatoms. The highest BCUT2D eigenvalue weighted by Gasteiger charge is 2.04. The standard InChI is InChI=1S/C15H15O/c1-11-5-4-6-12(2)15(11)13-7-9-14(16-3)10-8-13/h4-5,7-10H,1-3H3. The lowest BCUT2D eigenvalue weighted by atomic mass is 9.96. The predicted molar refractivity (Wildman–Crippen MR) is 66.7 cm³/mol. The normalized spacial score (nSPS) is 10.2. The van der Waals surface area contributed by atoms with Crippen LogP contribution in [0.2, 0.25) is 0 Å². The minimum absolute atomic E-state index is 0.888. The fourth-order valence-electron chi connectivity index (χ4n) is 1.94. The molecule has 0 amide bonds. The molecule has 0 fully saturated rings. The van der Waals surface area contributed by atoms with Gasteiger partial charge in [-0.25, -0.2) is 0 Å². The molecule has 0 aromatic heterocycles. The number of ether oxygens (including phenoxy) is 1. The second-order valence-electron chi connectivity index (χ2n) is 3.89. The van der Waals surface area contributed by atoms with Gasteiger partial charge in [-0.15, -0.1) is 0 Å². The molecule has 0 spiro atoms. The van der Waals surface area contributed by atoms with Gasteiger partial charge >= 0.3 is 0 Å². The Labute approximate surface area is 96.7 Å². The summed E-state index contributed by atoms with van der Waals surface area (Å²) in [4.78, 5) is 0. The van der Waals surface area contributed by atoms with E-state index in [1.165, 1.54) is 22.3 Å². The van der Waals surface area contributed by atoms with Crippen molar-refractivity contribution in [1.82, 2.24) is 0 Å². The molecular weight excluding hydrogens is 196 g/mol. The first-order valence-corrected chi connectivity index (χ1v) is 5.34. The second-order valence-corrected chi connectivity index (χ2v) is 3.89. The van der Waals surface area contributed by atoms with Gasteiger partial charge in [-0.1, -0.05) is 24.3 Å². The highest BCUT2D eigenvalue weighted by atomic mass is 16.5. The van der Waals surface area contributed by atoms with Crippen LogP contribution in [0.5, 0.6) is 5.75 Å². The summed E-state index contributed by atoms with van der Waals surface area (Å²) in [5.41, 5.74) is 4.95. The number of methoxy groups -OCH3 is 1. The third kappa shape index (κ3) is 1.94. The number of aryl methyl sites for hydroxylation is 2. The van der Waals surface area contributed by atoms with Crippen molar-refractivity contribution >= 4 is 0 Å². The highest BCUT2D eigenvalue weighted by molar-refractivity contribution is 5.70. The van der Waals surface area contributed by atoms with Crippen molar-refractivity contribution in [2.75, 3.05) is 7.11 Å². The molecule has 81 valence electrons. The summed E-state index contributed by atoms with van der Waals surface area (Å²) in [5, 5.41) is 0. The molecule has 2 aromatic rings. The molecule has 0 atom stereocenters. The zero-order valence-electron chi connectivity index (χ0n) is 9.87. The van der Waals surface area contributed by atoms with E-state index in [0.29, 0.717) is 0 Å². The lowest BCUT2D eigenvalue weighted by molar-refractivity contribution is 0.415. The maximum absolute atomic E-state index is 5.16. The van der Waals surface area contributed by atoms with Gasteiger partial charge in [0.1, 0.15) is 5.75 Å². The molecule has 0 unspecified atom stereocenters. The van der Waals surface area contributed by atoms with E-state index < -0.39 is 0 Å². The molecule has 1 nitrogen and oxygen atoms in total. The van der Waals surface area contributed by atoms with Crippen molar-refractivity contribution in [2.24, 2.45) is 0 Å². The Kier molecular flexibility index (Phi) is 2.95. The van der Waals surface area contributed by atoms with E-state index >= 15 is 0 Å². The molecular formula is C15H15O. The summed E-state index contributed by atoms with van der Waals surface area (Å²) >= 11 is 0. The molecule has 0 aliphatic rings. The monoisotopic (exact) mass is 211 g/mol. The average Bonchev–Trinajstić information content (AvgIpc) is 2.30. The van der Waals surface area contributed by atoms with E-state index in [2.05, 4.69) is 38.1 Å². The van der Waals surface area contributed by atoms with E-state index in [1.54, 1.807) is 7.11 Å². The molecule has 0 bridgehead atoms. The molecule has 0 aliphatic heterocycles. The Bertz CT molecular complexity index is 463. The minimum atomic E-state index is 0.888. The van der Waals surface area contributed by atoms with Crippen LogP contribution in [0.4, 0.5) is 0 Å². The van der Waals surface area contributed by atoms with Crippen molar-refractivity contribution in [1.29, 1.82) is 0 Å². The van der Waals surface area contributed by atoms with Gasteiger partial charge in [0, 0.05) is 0 Å². The van der Waals surface area contributed by atoms with Gasteiger partial charge in [0.2, 0.25) is 0 Å². The van der Waals surface area contributed by atoms with Crippen molar-refractivity contribution in [3.63, 3.8) is 0 Å². The fourth-order valence-corrected chi connectivity index (χ4v) is 1.94. The lowest BCUT2D eigenvalue weighted by Gasteiger charge is -2.10. The number of hydrogen-bond donors (Lipinski definition) is 0. The van der Waals surface area contributed by atoms with E-state index in [9.17, 15) is 0 Å². The molecule has 2 rings (SSSR count). The summed E-state index contributed by atoms with van der Waals surface area (Å²) in [5.74, 6) is 0.888. The van der Waals surface area contributed by atoms with Gasteiger partial charge in [0.05, 0.1) is 7.11 Å². The largest absolute Gasteiger partial charge is 0.497 e. The van der Waals surface area contributed by atoms with Crippen LogP contribution >= 0.6 is 0 Å². The van der Waals surface area contributed by atoms with Crippen LogP contribution in [0.1, 0.15) is 11.1 Å². The Morgan fingerprint density at radius 3 is 2.25 bits per heavy atom. The Morgan fingerprint density at radius 2 is 1.69 bits per heavy atom. The van der Waals surface area contributed by atoms with Gasteiger partial charge in [-0.05, 0) is 54.3 Å². The average molecular weight is 211 g/mol. The molecule has 0 saturated carbocycles. The molecule has 16 heavy (non-hydrogen) atoms. The van der Waals surface area contributed by atoms with E-state index in [4.69, 9.17) is 4.74 Å². The van der Waals surface area contributed by atoms with Crippen LogP contribution in [0.15, 0.2) is 36.4 Å². The Hall–Kier alpha value is -1.76. The van der Waals surface area contributed by atoms with E-state index in [-0.39, 0.29) is 0 Å². The van der Waals surface area contributed by atoms with Gasteiger partial charge in [-0.2, -0.15) is 0 Å². The van der Waals surface area contributed by atoms with Crippen LogP contribution in [-0.2, 0) is 0 Å². The van der Waals surface area contributed by atoms with Crippen LogP contribution in [0.25, 0.3) is 11.1 Å². The topological polar surface area (TPSA) is 9.23 Å². The minimum Gasteiger partial charge on any atom is -0.497 e. The third-order valence-electron chi connectivity index (χ3n) is 2.78. The number of benzene rings is 2. The molecule has 0 heterocycles. The summed E-state index contributed by atoms with van der Waals surface area (Å²) < 4.78 is 5.16. The van der Waals surface area contributed by atoms with E-state index in [0.717, 1.165) is 5.75 Å². The molecule has 0 N–H and O–H groups in total. The number of rotatable bonds is 2.